The molecule has 0 spiro atoms. The van der Waals surface area contributed by atoms with Crippen LogP contribution in [0.3, 0.4) is 0 Å². The third-order valence-corrected chi connectivity index (χ3v) is 3.04. The van der Waals surface area contributed by atoms with Crippen LogP contribution in [0.25, 0.3) is 11.5 Å². The first-order chi connectivity index (χ1) is 8.11. The fourth-order valence-electron chi connectivity index (χ4n) is 1.80. The third-order valence-electron chi connectivity index (χ3n) is 3.04. The highest BCUT2D eigenvalue weighted by Crippen LogP contribution is 2.31. The van der Waals surface area contributed by atoms with E-state index in [9.17, 15) is 5.11 Å². The Labute approximate surface area is 101 Å². The summed E-state index contributed by atoms with van der Waals surface area (Å²) >= 11 is 0. The second kappa shape index (κ2) is 4.62. The number of hydrogen-bond acceptors (Lipinski definition) is 3. The van der Waals surface area contributed by atoms with Gasteiger partial charge < -0.3 is 9.52 Å². The fraction of sp³-hybridized carbons (Fsp3) is 0.357. The van der Waals surface area contributed by atoms with Crippen molar-refractivity contribution in [3.05, 3.63) is 35.7 Å². The molecule has 0 saturated heterocycles. The van der Waals surface area contributed by atoms with Gasteiger partial charge in [-0.3, -0.25) is 0 Å². The lowest BCUT2D eigenvalue weighted by Gasteiger charge is -2.11. The fourth-order valence-corrected chi connectivity index (χ4v) is 1.80. The van der Waals surface area contributed by atoms with Crippen molar-refractivity contribution in [3.63, 3.8) is 0 Å². The summed E-state index contributed by atoms with van der Waals surface area (Å²) in [5.41, 5.74) is 1.78. The zero-order chi connectivity index (χ0) is 12.4. The number of oxazole rings is 1. The lowest BCUT2D eigenvalue weighted by molar-refractivity contribution is 0.461. The van der Waals surface area contributed by atoms with E-state index in [2.05, 4.69) is 18.8 Å². The number of aromatic hydroxyl groups is 1. The van der Waals surface area contributed by atoms with Gasteiger partial charge in [-0.1, -0.05) is 19.9 Å². The van der Waals surface area contributed by atoms with Crippen LogP contribution < -0.4 is 0 Å². The van der Waals surface area contributed by atoms with Crippen LogP contribution in [0.5, 0.6) is 5.75 Å². The van der Waals surface area contributed by atoms with Crippen LogP contribution in [0.15, 0.2) is 28.8 Å². The number of aromatic nitrogens is 1. The second-order valence-corrected chi connectivity index (χ2v) is 4.36. The van der Waals surface area contributed by atoms with Gasteiger partial charge >= 0.3 is 0 Å². The molecule has 0 aliphatic rings. The number of rotatable bonds is 3. The number of aryl methyl sites for hydroxylation is 1. The van der Waals surface area contributed by atoms with Gasteiger partial charge in [-0.2, -0.15) is 0 Å². The Morgan fingerprint density at radius 3 is 2.71 bits per heavy atom. The molecule has 0 aliphatic heterocycles. The standard InChI is InChI=1S/C14H17NO2/c1-4-9(2)12-6-5-11(7-13(12)16)14-15-8-10(3)17-14/h5-9,16H,4H2,1-3H3. The lowest BCUT2D eigenvalue weighted by atomic mass is 9.96. The van der Waals surface area contributed by atoms with Crippen molar-refractivity contribution < 1.29 is 9.52 Å². The molecule has 1 unspecified atom stereocenters. The maximum Gasteiger partial charge on any atom is 0.226 e. The summed E-state index contributed by atoms with van der Waals surface area (Å²) in [5, 5.41) is 9.99. The Hall–Kier alpha value is -1.77. The van der Waals surface area contributed by atoms with Gasteiger partial charge in [-0.25, -0.2) is 4.98 Å². The number of phenolic OH excluding ortho intramolecular Hbond substituents is 1. The average Bonchev–Trinajstić information content (AvgIpc) is 2.75. The van der Waals surface area contributed by atoms with Gasteiger partial charge in [0.2, 0.25) is 5.89 Å². The molecule has 0 radical (unpaired) electrons. The van der Waals surface area contributed by atoms with Gasteiger partial charge in [-0.05, 0) is 37.0 Å². The van der Waals surface area contributed by atoms with Crippen LogP contribution in [0.4, 0.5) is 0 Å². The summed E-state index contributed by atoms with van der Waals surface area (Å²) in [6, 6.07) is 5.59. The van der Waals surface area contributed by atoms with Crippen molar-refractivity contribution in [1.29, 1.82) is 0 Å². The van der Waals surface area contributed by atoms with E-state index in [0.717, 1.165) is 23.3 Å². The molecular weight excluding hydrogens is 214 g/mol. The molecule has 0 saturated carbocycles. The van der Waals surface area contributed by atoms with Crippen LogP contribution in [-0.2, 0) is 0 Å². The number of hydrogen-bond donors (Lipinski definition) is 1. The van der Waals surface area contributed by atoms with E-state index in [4.69, 9.17) is 4.42 Å². The summed E-state index contributed by atoms with van der Waals surface area (Å²) < 4.78 is 5.43. The van der Waals surface area contributed by atoms with Gasteiger partial charge in [-0.15, -0.1) is 0 Å². The zero-order valence-corrected chi connectivity index (χ0v) is 10.4. The van der Waals surface area contributed by atoms with Gasteiger partial charge in [0.15, 0.2) is 0 Å². The van der Waals surface area contributed by atoms with Gasteiger partial charge in [0, 0.05) is 5.56 Å². The molecule has 1 aromatic carbocycles. The predicted molar refractivity (Wildman–Crippen MR) is 67.0 cm³/mol. The Bertz CT molecular complexity index is 517. The lowest BCUT2D eigenvalue weighted by Crippen LogP contribution is -1.92. The normalized spacial score (nSPS) is 12.6. The van der Waals surface area contributed by atoms with E-state index >= 15 is 0 Å². The quantitative estimate of drug-likeness (QED) is 0.872. The molecule has 3 heteroatoms. The first-order valence-corrected chi connectivity index (χ1v) is 5.87. The summed E-state index contributed by atoms with van der Waals surface area (Å²) in [4.78, 5) is 4.14. The van der Waals surface area contributed by atoms with Crippen molar-refractivity contribution in [2.75, 3.05) is 0 Å². The molecule has 0 bridgehead atoms. The highest BCUT2D eigenvalue weighted by molar-refractivity contribution is 5.58. The maximum atomic E-state index is 9.99. The van der Waals surface area contributed by atoms with E-state index in [0.29, 0.717) is 17.6 Å². The molecule has 17 heavy (non-hydrogen) atoms. The topological polar surface area (TPSA) is 46.3 Å². The van der Waals surface area contributed by atoms with E-state index in [1.165, 1.54) is 0 Å². The summed E-state index contributed by atoms with van der Waals surface area (Å²) in [5.74, 6) is 1.99. The first kappa shape index (κ1) is 11.7. The Morgan fingerprint density at radius 1 is 1.41 bits per heavy atom. The molecule has 1 heterocycles. The monoisotopic (exact) mass is 231 g/mol. The van der Waals surface area contributed by atoms with Crippen LogP contribution in [-0.4, -0.2) is 10.1 Å². The van der Waals surface area contributed by atoms with E-state index in [-0.39, 0.29) is 0 Å². The maximum absolute atomic E-state index is 9.99. The molecule has 1 atom stereocenters. The molecule has 0 aliphatic carbocycles. The average molecular weight is 231 g/mol. The van der Waals surface area contributed by atoms with Crippen molar-refractivity contribution in [3.8, 4) is 17.2 Å². The molecule has 2 aromatic rings. The Kier molecular flexibility index (Phi) is 3.18. The highest BCUT2D eigenvalue weighted by atomic mass is 16.4. The highest BCUT2D eigenvalue weighted by Gasteiger charge is 2.11. The molecule has 3 nitrogen and oxygen atoms in total. The van der Waals surface area contributed by atoms with Crippen LogP contribution in [0.2, 0.25) is 0 Å². The van der Waals surface area contributed by atoms with Crippen LogP contribution in [0, 0.1) is 6.92 Å². The van der Waals surface area contributed by atoms with Gasteiger partial charge in [0.25, 0.3) is 0 Å². The Morgan fingerprint density at radius 2 is 2.18 bits per heavy atom. The van der Waals surface area contributed by atoms with Crippen molar-refractivity contribution >= 4 is 0 Å². The van der Waals surface area contributed by atoms with Gasteiger partial charge in [0.1, 0.15) is 11.5 Å². The molecule has 1 aromatic heterocycles. The van der Waals surface area contributed by atoms with Crippen molar-refractivity contribution in [2.45, 2.75) is 33.1 Å². The smallest absolute Gasteiger partial charge is 0.226 e. The van der Waals surface area contributed by atoms with Gasteiger partial charge in [0.05, 0.1) is 6.20 Å². The van der Waals surface area contributed by atoms with E-state index < -0.39 is 0 Å². The molecular formula is C14H17NO2. The summed E-state index contributed by atoms with van der Waals surface area (Å²) in [6.45, 7) is 6.06. The minimum Gasteiger partial charge on any atom is -0.508 e. The number of phenols is 1. The number of nitrogens with zero attached hydrogens (tertiary/aromatic N) is 1. The SMILES string of the molecule is CCC(C)c1ccc(-c2ncc(C)o2)cc1O. The summed E-state index contributed by atoms with van der Waals surface area (Å²) in [7, 11) is 0. The molecule has 0 amide bonds. The molecule has 1 N–H and O–H groups in total. The zero-order valence-electron chi connectivity index (χ0n) is 10.4. The van der Waals surface area contributed by atoms with E-state index in [1.807, 2.05) is 19.1 Å². The first-order valence-electron chi connectivity index (χ1n) is 5.87. The minimum absolute atomic E-state index is 0.313. The van der Waals surface area contributed by atoms with Crippen molar-refractivity contribution in [1.82, 2.24) is 4.98 Å². The third kappa shape index (κ3) is 2.33. The van der Waals surface area contributed by atoms with Crippen LogP contribution in [0.1, 0.15) is 37.5 Å². The largest absolute Gasteiger partial charge is 0.508 e. The molecule has 2 rings (SSSR count). The Balaban J connectivity index is 2.37. The molecule has 0 fully saturated rings. The van der Waals surface area contributed by atoms with Crippen molar-refractivity contribution in [2.24, 2.45) is 0 Å². The minimum atomic E-state index is 0.313. The van der Waals surface area contributed by atoms with Crippen LogP contribution >= 0.6 is 0 Å². The van der Waals surface area contributed by atoms with E-state index in [1.54, 1.807) is 12.3 Å². The molecule has 90 valence electrons. The summed E-state index contributed by atoms with van der Waals surface area (Å²) in [6.07, 6.45) is 2.68. The second-order valence-electron chi connectivity index (χ2n) is 4.36. The predicted octanol–water partition coefficient (Wildman–Crippen LogP) is 3.87. The number of benzene rings is 1.